The van der Waals surface area contributed by atoms with E-state index in [1.165, 1.54) is 0 Å². The Balaban J connectivity index is 4.22. The molecule has 2 nitrogen and oxygen atoms in total. The van der Waals surface area contributed by atoms with Gasteiger partial charge in [0, 0.05) is 12.6 Å². The van der Waals surface area contributed by atoms with Crippen molar-refractivity contribution in [2.24, 2.45) is 11.7 Å². The summed E-state index contributed by atoms with van der Waals surface area (Å²) < 4.78 is 36.5. The summed E-state index contributed by atoms with van der Waals surface area (Å²) >= 11 is 0. The summed E-state index contributed by atoms with van der Waals surface area (Å²) in [6.45, 7) is 1.12. The average molecular weight is 185 g/mol. The Morgan fingerprint density at radius 3 is 2.17 bits per heavy atom. The molecule has 12 heavy (non-hydrogen) atoms. The number of aliphatic hydroxyl groups excluding tert-OH is 1. The summed E-state index contributed by atoms with van der Waals surface area (Å²) in [5, 5.41) is 8.39. The van der Waals surface area contributed by atoms with E-state index < -0.39 is 24.7 Å². The number of halogens is 3. The molecule has 2 unspecified atom stereocenters. The van der Waals surface area contributed by atoms with Crippen LogP contribution in [0.15, 0.2) is 0 Å². The Hall–Kier alpha value is -0.290. The van der Waals surface area contributed by atoms with E-state index in [9.17, 15) is 13.2 Å². The Labute approximate surface area is 69.6 Å². The smallest absolute Gasteiger partial charge is 0.393 e. The van der Waals surface area contributed by atoms with E-state index in [4.69, 9.17) is 10.8 Å². The van der Waals surface area contributed by atoms with Crippen LogP contribution in [0, 0.1) is 5.92 Å². The number of alkyl halides is 3. The number of aliphatic hydroxyl groups is 1. The number of hydrogen-bond acceptors (Lipinski definition) is 2. The van der Waals surface area contributed by atoms with Crippen molar-refractivity contribution in [2.45, 2.75) is 32.0 Å². The molecule has 0 aromatic heterocycles. The SMILES string of the molecule is CCC(N)C(CCO)C(F)(F)F. The van der Waals surface area contributed by atoms with Crippen LogP contribution in [0.2, 0.25) is 0 Å². The molecule has 0 bridgehead atoms. The van der Waals surface area contributed by atoms with Crippen LogP contribution in [0.5, 0.6) is 0 Å². The van der Waals surface area contributed by atoms with Crippen molar-refractivity contribution >= 4 is 0 Å². The van der Waals surface area contributed by atoms with Crippen LogP contribution in [0.1, 0.15) is 19.8 Å². The molecular weight excluding hydrogens is 171 g/mol. The minimum absolute atomic E-state index is 0.268. The molecule has 0 fully saturated rings. The van der Waals surface area contributed by atoms with Gasteiger partial charge in [0.1, 0.15) is 0 Å². The Bertz CT molecular complexity index is 126. The van der Waals surface area contributed by atoms with E-state index in [0.717, 1.165) is 0 Å². The predicted octanol–water partition coefficient (Wildman–Crippen LogP) is 1.28. The van der Waals surface area contributed by atoms with Crippen LogP contribution in [0.3, 0.4) is 0 Å². The number of rotatable bonds is 4. The van der Waals surface area contributed by atoms with Gasteiger partial charge in [-0.15, -0.1) is 0 Å². The first-order chi connectivity index (χ1) is 5.43. The molecule has 0 aromatic rings. The maximum Gasteiger partial charge on any atom is 0.393 e. The highest BCUT2D eigenvalue weighted by molar-refractivity contribution is 4.77. The lowest BCUT2D eigenvalue weighted by molar-refractivity contribution is -0.184. The molecule has 0 aliphatic carbocycles. The van der Waals surface area contributed by atoms with Crippen molar-refractivity contribution in [1.82, 2.24) is 0 Å². The predicted molar refractivity (Wildman–Crippen MR) is 39.5 cm³/mol. The molecule has 3 N–H and O–H groups in total. The molecule has 0 heterocycles. The van der Waals surface area contributed by atoms with Crippen molar-refractivity contribution < 1.29 is 18.3 Å². The summed E-state index contributed by atoms with van der Waals surface area (Å²) in [4.78, 5) is 0. The van der Waals surface area contributed by atoms with E-state index in [2.05, 4.69) is 0 Å². The van der Waals surface area contributed by atoms with Gasteiger partial charge >= 0.3 is 6.18 Å². The standard InChI is InChI=1S/C7H14F3NO/c1-2-6(11)5(3-4-12)7(8,9)10/h5-6,12H,2-4,11H2,1H3. The van der Waals surface area contributed by atoms with E-state index in [1.54, 1.807) is 6.92 Å². The summed E-state index contributed by atoms with van der Waals surface area (Å²) in [5.41, 5.74) is 5.26. The minimum atomic E-state index is -4.29. The van der Waals surface area contributed by atoms with Crippen molar-refractivity contribution in [2.75, 3.05) is 6.61 Å². The van der Waals surface area contributed by atoms with Gasteiger partial charge in [0.25, 0.3) is 0 Å². The molecule has 0 aliphatic heterocycles. The second-order valence-electron chi connectivity index (χ2n) is 2.73. The first-order valence-electron chi connectivity index (χ1n) is 3.86. The van der Waals surface area contributed by atoms with Crippen molar-refractivity contribution in [3.63, 3.8) is 0 Å². The van der Waals surface area contributed by atoms with Gasteiger partial charge in [-0.2, -0.15) is 13.2 Å². The van der Waals surface area contributed by atoms with Gasteiger partial charge in [-0.05, 0) is 12.8 Å². The van der Waals surface area contributed by atoms with E-state index in [-0.39, 0.29) is 12.8 Å². The molecule has 0 rings (SSSR count). The fourth-order valence-corrected chi connectivity index (χ4v) is 1.04. The molecule has 74 valence electrons. The molecule has 0 saturated heterocycles. The van der Waals surface area contributed by atoms with Gasteiger partial charge < -0.3 is 10.8 Å². The number of nitrogens with two attached hydrogens (primary N) is 1. The van der Waals surface area contributed by atoms with Gasteiger partial charge in [-0.3, -0.25) is 0 Å². The number of hydrogen-bond donors (Lipinski definition) is 2. The monoisotopic (exact) mass is 185 g/mol. The zero-order valence-corrected chi connectivity index (χ0v) is 6.93. The first kappa shape index (κ1) is 11.7. The Morgan fingerprint density at radius 2 is 1.92 bits per heavy atom. The van der Waals surface area contributed by atoms with Crippen LogP contribution in [0.25, 0.3) is 0 Å². The minimum Gasteiger partial charge on any atom is -0.396 e. The fraction of sp³-hybridized carbons (Fsp3) is 1.00. The molecule has 5 heteroatoms. The summed E-state index contributed by atoms with van der Waals surface area (Å²) in [5.74, 6) is -1.58. The summed E-state index contributed by atoms with van der Waals surface area (Å²) in [6, 6.07) is -0.905. The van der Waals surface area contributed by atoms with Crippen LogP contribution < -0.4 is 5.73 Å². The third-order valence-corrected chi connectivity index (χ3v) is 1.85. The van der Waals surface area contributed by atoms with E-state index in [1.807, 2.05) is 0 Å². The van der Waals surface area contributed by atoms with Gasteiger partial charge in [-0.1, -0.05) is 6.92 Å². The highest BCUT2D eigenvalue weighted by Gasteiger charge is 2.41. The highest BCUT2D eigenvalue weighted by atomic mass is 19.4. The quantitative estimate of drug-likeness (QED) is 0.693. The second-order valence-corrected chi connectivity index (χ2v) is 2.73. The first-order valence-corrected chi connectivity index (χ1v) is 3.86. The largest absolute Gasteiger partial charge is 0.396 e. The molecule has 2 atom stereocenters. The fourth-order valence-electron chi connectivity index (χ4n) is 1.04. The molecule has 0 radical (unpaired) electrons. The van der Waals surface area contributed by atoms with Gasteiger partial charge in [-0.25, -0.2) is 0 Å². The molecule has 0 aromatic carbocycles. The summed E-state index contributed by atoms with van der Waals surface area (Å²) in [7, 11) is 0. The third-order valence-electron chi connectivity index (χ3n) is 1.85. The molecule has 0 aliphatic rings. The normalized spacial score (nSPS) is 17.5. The zero-order chi connectivity index (χ0) is 9.78. The van der Waals surface area contributed by atoms with Crippen LogP contribution >= 0.6 is 0 Å². The lowest BCUT2D eigenvalue weighted by Crippen LogP contribution is -2.40. The van der Waals surface area contributed by atoms with Crippen LogP contribution in [-0.2, 0) is 0 Å². The van der Waals surface area contributed by atoms with Crippen LogP contribution in [0.4, 0.5) is 13.2 Å². The van der Waals surface area contributed by atoms with Gasteiger partial charge in [0.15, 0.2) is 0 Å². The molecule has 0 amide bonds. The van der Waals surface area contributed by atoms with E-state index >= 15 is 0 Å². The second kappa shape index (κ2) is 4.67. The Morgan fingerprint density at radius 1 is 1.42 bits per heavy atom. The molecular formula is C7H14F3NO. The summed E-state index contributed by atoms with van der Waals surface area (Å²) in [6.07, 6.45) is -4.33. The maximum absolute atomic E-state index is 12.2. The van der Waals surface area contributed by atoms with E-state index in [0.29, 0.717) is 0 Å². The third kappa shape index (κ3) is 3.40. The highest BCUT2D eigenvalue weighted by Crippen LogP contribution is 2.31. The lowest BCUT2D eigenvalue weighted by atomic mass is 9.95. The van der Waals surface area contributed by atoms with Gasteiger partial charge in [0.05, 0.1) is 5.92 Å². The van der Waals surface area contributed by atoms with Crippen molar-refractivity contribution in [3.05, 3.63) is 0 Å². The average Bonchev–Trinajstić information content (AvgIpc) is 1.96. The topological polar surface area (TPSA) is 46.2 Å². The molecule has 0 spiro atoms. The van der Waals surface area contributed by atoms with Crippen LogP contribution in [-0.4, -0.2) is 23.9 Å². The Kier molecular flexibility index (Phi) is 4.55. The maximum atomic E-state index is 12.2. The molecule has 0 saturated carbocycles. The lowest BCUT2D eigenvalue weighted by Gasteiger charge is -2.24. The zero-order valence-electron chi connectivity index (χ0n) is 6.93. The van der Waals surface area contributed by atoms with Gasteiger partial charge in [0.2, 0.25) is 0 Å². The van der Waals surface area contributed by atoms with Crippen molar-refractivity contribution in [1.29, 1.82) is 0 Å². The van der Waals surface area contributed by atoms with Crippen molar-refractivity contribution in [3.8, 4) is 0 Å².